The van der Waals surface area contributed by atoms with Crippen LogP contribution in [0.15, 0.2) is 11.6 Å². The lowest BCUT2D eigenvalue weighted by Crippen LogP contribution is -2.66. The summed E-state index contributed by atoms with van der Waals surface area (Å²) in [6.45, 7) is 9.73. The second-order valence-electron chi connectivity index (χ2n) is 6.72. The van der Waals surface area contributed by atoms with Gasteiger partial charge in [0.2, 0.25) is 11.6 Å². The molecule has 0 N–H and O–H groups in total. The Hall–Kier alpha value is -0.950. The molecule has 2 aliphatic rings. The summed E-state index contributed by atoms with van der Waals surface area (Å²) in [5.74, 6) is -2.53. The zero-order valence-corrected chi connectivity index (χ0v) is 17.6. The van der Waals surface area contributed by atoms with Crippen LogP contribution in [0.1, 0.15) is 60.3 Å². The molecule has 0 radical (unpaired) electrons. The Bertz CT molecular complexity index is 491. The highest BCUT2D eigenvalue weighted by atomic mass is 16.8. The number of methoxy groups -OCH3 is 3. The number of ether oxygens (including phenoxy) is 5. The molecule has 5 atom stereocenters. The molecule has 0 bridgehead atoms. The van der Waals surface area contributed by atoms with E-state index in [9.17, 15) is 4.79 Å². The Kier molecular flexibility index (Phi) is 8.73. The highest BCUT2D eigenvalue weighted by Crippen LogP contribution is 2.46. The van der Waals surface area contributed by atoms with Crippen LogP contribution in [-0.2, 0) is 28.5 Å². The molecule has 2 fully saturated rings. The van der Waals surface area contributed by atoms with Gasteiger partial charge in [-0.3, -0.25) is 4.79 Å². The second-order valence-corrected chi connectivity index (χ2v) is 6.72. The number of hydrogen-bond donors (Lipinski definition) is 0. The fourth-order valence-electron chi connectivity index (χ4n) is 3.48. The van der Waals surface area contributed by atoms with Gasteiger partial charge in [-0.1, -0.05) is 33.3 Å². The molecule has 6 nitrogen and oxygen atoms in total. The van der Waals surface area contributed by atoms with Crippen LogP contribution in [0.2, 0.25) is 0 Å². The van der Waals surface area contributed by atoms with E-state index in [0.717, 1.165) is 18.4 Å². The van der Waals surface area contributed by atoms with Crippen LogP contribution in [0.4, 0.5) is 0 Å². The van der Waals surface area contributed by atoms with Gasteiger partial charge in [0.25, 0.3) is 0 Å². The van der Waals surface area contributed by atoms with E-state index in [2.05, 4.69) is 13.0 Å². The summed E-state index contributed by atoms with van der Waals surface area (Å²) in [6, 6.07) is 0. The van der Waals surface area contributed by atoms with Crippen LogP contribution in [-0.4, -0.2) is 51.1 Å². The topological polar surface area (TPSA) is 63.2 Å². The van der Waals surface area contributed by atoms with Crippen molar-refractivity contribution in [3.8, 4) is 0 Å². The molecule has 1 saturated heterocycles. The van der Waals surface area contributed by atoms with Crippen molar-refractivity contribution in [3.63, 3.8) is 0 Å². The summed E-state index contributed by atoms with van der Waals surface area (Å²) >= 11 is 0. The minimum Gasteiger partial charge on any atom is -0.469 e. The van der Waals surface area contributed by atoms with Crippen molar-refractivity contribution in [2.75, 3.05) is 21.3 Å². The first kappa shape index (κ1) is 23.1. The number of carbonyl (C=O) groups is 1. The second kappa shape index (κ2) is 9.83. The molecule has 3 unspecified atom stereocenters. The molecule has 0 aromatic heterocycles. The average Bonchev–Trinajstić information content (AvgIpc) is 2.67. The normalized spacial score (nSPS) is 38.2. The molecule has 6 heteroatoms. The summed E-state index contributed by atoms with van der Waals surface area (Å²) in [7, 11) is 4.56. The Labute approximate surface area is 158 Å². The third-order valence-electron chi connectivity index (χ3n) is 5.26. The van der Waals surface area contributed by atoms with E-state index in [1.165, 1.54) is 7.11 Å². The zero-order valence-electron chi connectivity index (χ0n) is 17.6. The molecule has 0 aromatic carbocycles. The van der Waals surface area contributed by atoms with E-state index in [0.29, 0.717) is 12.8 Å². The fourth-order valence-corrected chi connectivity index (χ4v) is 3.48. The molecular formula is C20H36O6. The standard InChI is InChI=1S/C18H30O6.C2H6/c1-7-8-9-12-10-13(16(19)20-4)11-14-15(12)24-18(3,22-6)17(2,21-5)23-14;1-2/h9,13-15H,7-8,10-11H2,1-6H3;1-2H3/t13?,14-,15-,17?,18?;/m1./s1. The van der Waals surface area contributed by atoms with Crippen LogP contribution < -0.4 is 0 Å². The first-order valence-corrected chi connectivity index (χ1v) is 9.56. The van der Waals surface area contributed by atoms with Crippen molar-refractivity contribution in [3.05, 3.63) is 11.6 Å². The number of carbonyl (C=O) groups excluding carboxylic acids is 1. The van der Waals surface area contributed by atoms with E-state index in [4.69, 9.17) is 23.7 Å². The largest absolute Gasteiger partial charge is 0.469 e. The summed E-state index contributed by atoms with van der Waals surface area (Å²) in [5.41, 5.74) is 1.07. The molecule has 26 heavy (non-hydrogen) atoms. The lowest BCUT2D eigenvalue weighted by molar-refractivity contribution is -0.446. The molecule has 1 saturated carbocycles. The average molecular weight is 373 g/mol. The number of esters is 1. The lowest BCUT2D eigenvalue weighted by Gasteiger charge is -2.54. The zero-order chi connectivity index (χ0) is 20.0. The third kappa shape index (κ3) is 4.47. The SMILES string of the molecule is CC.CCCC=C1CC(C(=O)OC)C[C@H]2OC(C)(OC)C(C)(OC)O[C@H]12. The maximum atomic E-state index is 12.1. The monoisotopic (exact) mass is 372 g/mol. The lowest BCUT2D eigenvalue weighted by atomic mass is 9.79. The third-order valence-corrected chi connectivity index (χ3v) is 5.26. The predicted molar refractivity (Wildman–Crippen MR) is 99.7 cm³/mol. The highest BCUT2D eigenvalue weighted by molar-refractivity contribution is 5.73. The molecular weight excluding hydrogens is 336 g/mol. The van der Waals surface area contributed by atoms with E-state index >= 15 is 0 Å². The first-order chi connectivity index (χ1) is 12.3. The number of unbranched alkanes of at least 4 members (excludes halogenated alkanes) is 1. The number of allylic oxidation sites excluding steroid dienone is 1. The van der Waals surface area contributed by atoms with Crippen molar-refractivity contribution in [1.82, 2.24) is 0 Å². The van der Waals surface area contributed by atoms with Gasteiger partial charge in [-0.05, 0) is 38.7 Å². The number of fused-ring (bicyclic) bond motifs is 1. The molecule has 0 spiro atoms. The highest BCUT2D eigenvalue weighted by Gasteiger charge is 2.58. The Morgan fingerprint density at radius 3 is 2.23 bits per heavy atom. The van der Waals surface area contributed by atoms with E-state index in [1.807, 2.05) is 20.8 Å². The molecule has 1 aliphatic carbocycles. The van der Waals surface area contributed by atoms with Crippen LogP contribution in [0, 0.1) is 5.92 Å². The Morgan fingerprint density at radius 1 is 1.15 bits per heavy atom. The van der Waals surface area contributed by atoms with Crippen molar-refractivity contribution in [2.45, 2.75) is 84.1 Å². The van der Waals surface area contributed by atoms with E-state index < -0.39 is 11.6 Å². The first-order valence-electron chi connectivity index (χ1n) is 9.56. The predicted octanol–water partition coefficient (Wildman–Crippen LogP) is 3.83. The summed E-state index contributed by atoms with van der Waals surface area (Å²) < 4.78 is 28.7. The van der Waals surface area contributed by atoms with Crippen LogP contribution in [0.25, 0.3) is 0 Å². The number of rotatable bonds is 5. The summed E-state index contributed by atoms with van der Waals surface area (Å²) in [5, 5.41) is 0. The van der Waals surface area contributed by atoms with E-state index in [-0.39, 0.29) is 24.1 Å². The van der Waals surface area contributed by atoms with Crippen molar-refractivity contribution >= 4 is 5.97 Å². The minimum absolute atomic E-state index is 0.210. The van der Waals surface area contributed by atoms with Gasteiger partial charge in [0.1, 0.15) is 6.10 Å². The maximum absolute atomic E-state index is 12.1. The molecule has 0 aromatic rings. The van der Waals surface area contributed by atoms with Gasteiger partial charge in [-0.2, -0.15) is 0 Å². The van der Waals surface area contributed by atoms with E-state index in [1.54, 1.807) is 21.1 Å². The van der Waals surface area contributed by atoms with Gasteiger partial charge in [0, 0.05) is 14.2 Å². The quantitative estimate of drug-likeness (QED) is 0.540. The Balaban J connectivity index is 0.00000163. The maximum Gasteiger partial charge on any atom is 0.309 e. The molecule has 1 heterocycles. The van der Waals surface area contributed by atoms with Crippen LogP contribution in [0.3, 0.4) is 0 Å². The summed E-state index contributed by atoms with van der Waals surface area (Å²) in [6.07, 6.45) is 4.76. The molecule has 1 aliphatic heterocycles. The van der Waals surface area contributed by atoms with Gasteiger partial charge in [-0.25, -0.2) is 0 Å². The smallest absolute Gasteiger partial charge is 0.309 e. The van der Waals surface area contributed by atoms with Gasteiger partial charge >= 0.3 is 5.97 Å². The van der Waals surface area contributed by atoms with Crippen LogP contribution >= 0.6 is 0 Å². The van der Waals surface area contributed by atoms with Gasteiger partial charge in [0.05, 0.1) is 19.1 Å². The molecule has 152 valence electrons. The number of hydrogen-bond acceptors (Lipinski definition) is 6. The van der Waals surface area contributed by atoms with Crippen molar-refractivity contribution in [1.29, 1.82) is 0 Å². The van der Waals surface area contributed by atoms with Gasteiger partial charge < -0.3 is 23.7 Å². The van der Waals surface area contributed by atoms with Crippen molar-refractivity contribution in [2.24, 2.45) is 5.92 Å². The van der Waals surface area contributed by atoms with Gasteiger partial charge in [0.15, 0.2) is 0 Å². The molecule has 2 rings (SSSR count). The molecule has 0 amide bonds. The Morgan fingerprint density at radius 2 is 1.73 bits per heavy atom. The fraction of sp³-hybridized carbons (Fsp3) is 0.850. The van der Waals surface area contributed by atoms with Crippen LogP contribution in [0.5, 0.6) is 0 Å². The minimum atomic E-state index is -1.06. The summed E-state index contributed by atoms with van der Waals surface area (Å²) in [4.78, 5) is 12.1. The van der Waals surface area contributed by atoms with Crippen molar-refractivity contribution < 1.29 is 28.5 Å². The van der Waals surface area contributed by atoms with Gasteiger partial charge in [-0.15, -0.1) is 0 Å².